The average molecular weight is 646 g/mol. The molecule has 5 rings (SSSR count). The lowest BCUT2D eigenvalue weighted by Crippen LogP contribution is -2.21. The first kappa shape index (κ1) is 32.7. The minimum Gasteiger partial charge on any atom is -0.475 e. The number of aromatic nitrogens is 4. The number of carboxylic acids is 1. The van der Waals surface area contributed by atoms with Gasteiger partial charge in [0.15, 0.2) is 9.84 Å². The molecule has 0 amide bonds. The summed E-state index contributed by atoms with van der Waals surface area (Å²) in [4.78, 5) is 24.4. The maximum absolute atomic E-state index is 13.7. The van der Waals surface area contributed by atoms with Crippen LogP contribution < -0.4 is 16.0 Å². The zero-order valence-corrected chi connectivity index (χ0v) is 24.9. The summed E-state index contributed by atoms with van der Waals surface area (Å²) < 4.78 is 70.4. The number of nitrogen functional groups attached to an aromatic ring is 1. The van der Waals surface area contributed by atoms with Crippen LogP contribution in [0.4, 0.5) is 46.7 Å². The van der Waals surface area contributed by atoms with Crippen LogP contribution >= 0.6 is 0 Å². The lowest BCUT2D eigenvalue weighted by Gasteiger charge is -2.22. The Balaban J connectivity index is 0.000000591. The molecule has 0 fully saturated rings. The predicted octanol–water partition coefficient (Wildman–Crippen LogP) is 5.44. The van der Waals surface area contributed by atoms with Gasteiger partial charge in [0.25, 0.3) is 0 Å². The van der Waals surface area contributed by atoms with Gasteiger partial charge in [0.05, 0.1) is 17.0 Å². The summed E-state index contributed by atoms with van der Waals surface area (Å²) in [6, 6.07) is 19.0. The van der Waals surface area contributed by atoms with Gasteiger partial charge in [-0.25, -0.2) is 27.6 Å². The summed E-state index contributed by atoms with van der Waals surface area (Å²) in [7, 11) is 0.614. The van der Waals surface area contributed by atoms with Gasteiger partial charge in [0.1, 0.15) is 17.2 Å². The molecule has 0 aliphatic carbocycles. The summed E-state index contributed by atoms with van der Waals surface area (Å²) >= 11 is 0. The molecule has 45 heavy (non-hydrogen) atoms. The van der Waals surface area contributed by atoms with E-state index >= 15 is 0 Å². The number of nitrogens with zero attached hydrogens (tertiary/aromatic N) is 5. The lowest BCUT2D eigenvalue weighted by atomic mass is 10.0. The van der Waals surface area contributed by atoms with Crippen molar-refractivity contribution in [2.75, 3.05) is 29.3 Å². The number of carbonyl (C=O) groups is 1. The Kier molecular flexibility index (Phi) is 9.27. The number of nitrogens with two attached hydrogens (primary N) is 1. The second-order valence-electron chi connectivity index (χ2n) is 9.86. The number of carboxylic acid groups (broad SMARTS) is 1. The topological polar surface area (TPSA) is 156 Å². The van der Waals surface area contributed by atoms with Crippen molar-refractivity contribution in [2.24, 2.45) is 7.05 Å². The number of hydrogen-bond donors (Lipinski definition) is 3. The van der Waals surface area contributed by atoms with Gasteiger partial charge in [0, 0.05) is 37.8 Å². The normalized spacial score (nSPS) is 11.5. The number of imidazole rings is 1. The van der Waals surface area contributed by atoms with Gasteiger partial charge in [0.2, 0.25) is 11.9 Å². The average Bonchev–Trinajstić information content (AvgIpc) is 3.26. The number of sulfone groups is 1. The van der Waals surface area contributed by atoms with Crippen molar-refractivity contribution < 1.29 is 35.9 Å². The molecule has 0 atom stereocenters. The van der Waals surface area contributed by atoms with E-state index in [1.807, 2.05) is 31.1 Å². The molecule has 0 aliphatic rings. The summed E-state index contributed by atoms with van der Waals surface area (Å²) in [5, 5.41) is 10.3. The molecule has 236 valence electrons. The zero-order valence-electron chi connectivity index (χ0n) is 24.0. The molecule has 2 heterocycles. The highest BCUT2D eigenvalue weighted by Crippen LogP contribution is 2.39. The number of alkyl halides is 3. The molecule has 0 unspecified atom stereocenters. The number of aliphatic carboxylic acids is 1. The quantitative estimate of drug-likeness (QED) is 0.195. The van der Waals surface area contributed by atoms with Crippen molar-refractivity contribution in [1.29, 1.82) is 0 Å². The molecule has 2 aromatic heterocycles. The van der Waals surface area contributed by atoms with Crippen molar-refractivity contribution in [2.45, 2.75) is 11.9 Å². The van der Waals surface area contributed by atoms with Crippen LogP contribution in [-0.4, -0.2) is 58.5 Å². The van der Waals surface area contributed by atoms with Crippen molar-refractivity contribution in [3.05, 3.63) is 84.3 Å². The van der Waals surface area contributed by atoms with E-state index in [0.717, 1.165) is 28.0 Å². The summed E-state index contributed by atoms with van der Waals surface area (Å²) in [5.74, 6) is -1.74. The summed E-state index contributed by atoms with van der Waals surface area (Å²) in [5.41, 5.74) is 11.5. The number of anilines is 5. The molecule has 0 aliphatic heterocycles. The Hall–Kier alpha value is -5.25. The van der Waals surface area contributed by atoms with E-state index in [1.54, 1.807) is 53.2 Å². The third-order valence-electron chi connectivity index (χ3n) is 6.43. The van der Waals surface area contributed by atoms with Gasteiger partial charge in [-0.15, -0.1) is 0 Å². The number of aryl methyl sites for hydroxylation is 1. The maximum Gasteiger partial charge on any atom is 0.490 e. The molecule has 0 saturated carbocycles. The minimum absolute atomic E-state index is 0.0211. The van der Waals surface area contributed by atoms with Crippen LogP contribution in [0.3, 0.4) is 0 Å². The molecular formula is C29H27F4N7O4S. The molecule has 0 bridgehead atoms. The molecule has 5 aromatic rings. The fourth-order valence-corrected chi connectivity index (χ4v) is 5.08. The lowest BCUT2D eigenvalue weighted by molar-refractivity contribution is -0.192. The van der Waals surface area contributed by atoms with Crippen molar-refractivity contribution in [3.8, 4) is 11.1 Å². The monoisotopic (exact) mass is 645 g/mol. The minimum atomic E-state index is -5.08. The molecule has 0 radical (unpaired) electrons. The number of nitrogens with one attached hydrogen (secondary N) is 1. The van der Waals surface area contributed by atoms with Gasteiger partial charge in [-0.2, -0.15) is 18.2 Å². The van der Waals surface area contributed by atoms with Crippen molar-refractivity contribution in [1.82, 2.24) is 19.5 Å². The highest BCUT2D eigenvalue weighted by molar-refractivity contribution is 7.89. The standard InChI is InChI=1S/C27H26FN7O2S.C2HF3O2/c1-34(23-14-15-30-27(32-23)31-20-10-4-17(5-11-20)16-38(3,36)37)21-12-13-22-25(33-26(29)35(22)2)24(21)18-6-8-19(28)9-7-18;3-2(4,5)1(6)7/h4-15H,16H2,1-3H3,(H2,29,33)(H,30,31,32);(H,6,7). The van der Waals surface area contributed by atoms with Crippen LogP contribution in [0, 0.1) is 5.82 Å². The Morgan fingerprint density at radius 3 is 2.22 bits per heavy atom. The van der Waals surface area contributed by atoms with Gasteiger partial charge in [-0.3, -0.25) is 0 Å². The molecular weight excluding hydrogens is 618 g/mol. The maximum atomic E-state index is 13.7. The van der Waals surface area contributed by atoms with E-state index in [-0.39, 0.29) is 11.6 Å². The summed E-state index contributed by atoms with van der Waals surface area (Å²) in [6.07, 6.45) is -2.23. The second kappa shape index (κ2) is 12.8. The van der Waals surface area contributed by atoms with Crippen LogP contribution in [0.5, 0.6) is 0 Å². The van der Waals surface area contributed by atoms with E-state index in [9.17, 15) is 26.0 Å². The molecule has 16 heteroatoms. The fourth-order valence-electron chi connectivity index (χ4n) is 4.28. The van der Waals surface area contributed by atoms with Crippen LogP contribution in [0.2, 0.25) is 0 Å². The van der Waals surface area contributed by atoms with E-state index in [1.165, 1.54) is 18.4 Å². The van der Waals surface area contributed by atoms with E-state index in [4.69, 9.17) is 15.6 Å². The number of halogens is 4. The smallest absolute Gasteiger partial charge is 0.475 e. The van der Waals surface area contributed by atoms with Gasteiger partial charge >= 0.3 is 12.1 Å². The SMILES string of the molecule is CN(c1ccnc(Nc2ccc(CS(C)(=O)=O)cc2)n1)c1ccc2c(nc(N)n2C)c1-c1ccc(F)cc1.O=C(O)C(F)(F)F. The molecule has 4 N–H and O–H groups in total. The van der Waals surface area contributed by atoms with Gasteiger partial charge in [-0.1, -0.05) is 24.3 Å². The Labute approximate surface area is 254 Å². The number of benzene rings is 3. The number of fused-ring (bicyclic) bond motifs is 1. The van der Waals surface area contributed by atoms with Crippen LogP contribution in [-0.2, 0) is 27.4 Å². The first-order valence-electron chi connectivity index (χ1n) is 12.9. The molecule has 0 spiro atoms. The van der Waals surface area contributed by atoms with Crippen LogP contribution in [0.15, 0.2) is 72.9 Å². The fraction of sp³-hybridized carbons (Fsp3) is 0.172. The predicted molar refractivity (Wildman–Crippen MR) is 163 cm³/mol. The highest BCUT2D eigenvalue weighted by Gasteiger charge is 2.38. The second-order valence-corrected chi connectivity index (χ2v) is 12.0. The van der Waals surface area contributed by atoms with Gasteiger partial charge in [-0.05, 0) is 53.6 Å². The highest BCUT2D eigenvalue weighted by atomic mass is 32.2. The number of hydrogen-bond acceptors (Lipinski definition) is 9. The van der Waals surface area contributed by atoms with Crippen molar-refractivity contribution >= 4 is 55.9 Å². The molecule has 11 nitrogen and oxygen atoms in total. The molecule has 3 aromatic carbocycles. The Morgan fingerprint density at radius 1 is 1.02 bits per heavy atom. The summed E-state index contributed by atoms with van der Waals surface area (Å²) in [6.45, 7) is 0. The van der Waals surface area contributed by atoms with Crippen molar-refractivity contribution in [3.63, 3.8) is 0 Å². The number of rotatable bonds is 7. The first-order chi connectivity index (χ1) is 21.0. The Bertz CT molecular complexity index is 1950. The zero-order chi connectivity index (χ0) is 33.1. The third kappa shape index (κ3) is 8.03. The van der Waals surface area contributed by atoms with E-state index in [2.05, 4.69) is 20.3 Å². The Morgan fingerprint density at radius 2 is 1.64 bits per heavy atom. The van der Waals surface area contributed by atoms with Crippen LogP contribution in [0.25, 0.3) is 22.2 Å². The van der Waals surface area contributed by atoms with Gasteiger partial charge < -0.3 is 25.6 Å². The molecule has 0 saturated heterocycles. The third-order valence-corrected chi connectivity index (χ3v) is 7.28. The largest absolute Gasteiger partial charge is 0.490 e. The van der Waals surface area contributed by atoms with Crippen LogP contribution in [0.1, 0.15) is 5.56 Å². The van der Waals surface area contributed by atoms with E-state index in [0.29, 0.717) is 28.8 Å². The van der Waals surface area contributed by atoms with E-state index < -0.39 is 22.0 Å². The first-order valence-corrected chi connectivity index (χ1v) is 15.0.